The molecule has 0 aromatic carbocycles. The lowest BCUT2D eigenvalue weighted by Crippen LogP contribution is -2.34. The number of allylic oxidation sites excluding steroid dienone is 3. The molecule has 0 N–H and O–H groups in total. The summed E-state index contributed by atoms with van der Waals surface area (Å²) < 4.78 is 0. The van der Waals surface area contributed by atoms with Crippen molar-refractivity contribution in [1.82, 2.24) is 0 Å². The molecule has 0 spiro atoms. The topological polar surface area (TPSA) is 47.6 Å². The average molecular weight is 188 g/mol. The Balaban J connectivity index is 5.54. The lowest BCUT2D eigenvalue weighted by Gasteiger charge is -2.33. The van der Waals surface area contributed by atoms with Gasteiger partial charge < -0.3 is 0 Å². The van der Waals surface area contributed by atoms with E-state index in [1.807, 2.05) is 19.9 Å². The standard InChI is InChI=1S/C12H16N2/c1-5-8-12(7-3,10-14)11(4,6-2)9-13/h5-6,8H,2,7H2,1,3-4H3/b8-5-. The fourth-order valence-electron chi connectivity index (χ4n) is 1.50. The molecule has 0 saturated heterocycles. The van der Waals surface area contributed by atoms with Crippen LogP contribution in [-0.2, 0) is 0 Å². The largest absolute Gasteiger partial charge is 0.197 e. The van der Waals surface area contributed by atoms with Gasteiger partial charge in [0.2, 0.25) is 0 Å². The zero-order valence-electron chi connectivity index (χ0n) is 9.04. The predicted molar refractivity (Wildman–Crippen MR) is 57.1 cm³/mol. The number of hydrogen-bond donors (Lipinski definition) is 0. The molecular formula is C12H16N2. The molecule has 0 rings (SSSR count). The Labute approximate surface area is 86.2 Å². The molecule has 0 bridgehead atoms. The molecule has 0 saturated carbocycles. The van der Waals surface area contributed by atoms with Crippen LogP contribution in [0.2, 0.25) is 0 Å². The summed E-state index contributed by atoms with van der Waals surface area (Å²) in [7, 11) is 0. The Kier molecular flexibility index (Phi) is 4.12. The summed E-state index contributed by atoms with van der Waals surface area (Å²) in [5.41, 5.74) is -1.60. The third-order valence-electron chi connectivity index (χ3n) is 2.78. The van der Waals surface area contributed by atoms with Crippen LogP contribution in [0.25, 0.3) is 0 Å². The van der Waals surface area contributed by atoms with Gasteiger partial charge in [-0.3, -0.25) is 0 Å². The van der Waals surface area contributed by atoms with Crippen molar-refractivity contribution < 1.29 is 0 Å². The first-order chi connectivity index (χ1) is 6.55. The first-order valence-corrected chi connectivity index (χ1v) is 4.65. The maximum absolute atomic E-state index is 9.21. The van der Waals surface area contributed by atoms with E-state index in [0.717, 1.165) is 0 Å². The van der Waals surface area contributed by atoms with Gasteiger partial charge in [-0.25, -0.2) is 0 Å². The van der Waals surface area contributed by atoms with Crippen LogP contribution in [0.1, 0.15) is 27.2 Å². The van der Waals surface area contributed by atoms with Gasteiger partial charge in [0.05, 0.1) is 23.0 Å². The van der Waals surface area contributed by atoms with Gasteiger partial charge in [0, 0.05) is 0 Å². The highest BCUT2D eigenvalue weighted by Crippen LogP contribution is 2.43. The fourth-order valence-corrected chi connectivity index (χ4v) is 1.50. The van der Waals surface area contributed by atoms with Crippen molar-refractivity contribution in [2.24, 2.45) is 10.8 Å². The Hall–Kier alpha value is -1.54. The van der Waals surface area contributed by atoms with E-state index in [0.29, 0.717) is 6.42 Å². The van der Waals surface area contributed by atoms with Crippen LogP contribution in [0, 0.1) is 33.5 Å². The van der Waals surface area contributed by atoms with E-state index in [1.54, 1.807) is 19.1 Å². The van der Waals surface area contributed by atoms with Gasteiger partial charge >= 0.3 is 0 Å². The minimum atomic E-state index is -0.830. The second kappa shape index (κ2) is 4.63. The summed E-state index contributed by atoms with van der Waals surface area (Å²) in [6.45, 7) is 9.14. The molecule has 74 valence electrons. The minimum absolute atomic E-state index is 0.601. The molecule has 0 heterocycles. The Morgan fingerprint density at radius 2 is 1.93 bits per heavy atom. The molecule has 0 radical (unpaired) electrons. The molecule has 0 aliphatic carbocycles. The van der Waals surface area contributed by atoms with Crippen LogP contribution in [0.15, 0.2) is 24.8 Å². The van der Waals surface area contributed by atoms with E-state index in [4.69, 9.17) is 5.26 Å². The first-order valence-electron chi connectivity index (χ1n) is 4.65. The number of hydrogen-bond acceptors (Lipinski definition) is 2. The third kappa shape index (κ3) is 1.70. The second-order valence-corrected chi connectivity index (χ2v) is 3.45. The quantitative estimate of drug-likeness (QED) is 0.636. The van der Waals surface area contributed by atoms with Crippen molar-refractivity contribution in [3.05, 3.63) is 24.8 Å². The first kappa shape index (κ1) is 12.5. The van der Waals surface area contributed by atoms with Crippen molar-refractivity contribution in [2.75, 3.05) is 0 Å². The zero-order valence-corrected chi connectivity index (χ0v) is 9.04. The predicted octanol–water partition coefficient (Wildman–Crippen LogP) is 3.20. The molecule has 2 nitrogen and oxygen atoms in total. The van der Waals surface area contributed by atoms with Crippen molar-refractivity contribution in [3.63, 3.8) is 0 Å². The summed E-state index contributed by atoms with van der Waals surface area (Å²) in [6, 6.07) is 4.39. The summed E-state index contributed by atoms with van der Waals surface area (Å²) in [4.78, 5) is 0. The monoisotopic (exact) mass is 188 g/mol. The van der Waals surface area contributed by atoms with E-state index in [9.17, 15) is 5.26 Å². The van der Waals surface area contributed by atoms with Gasteiger partial charge in [-0.1, -0.05) is 25.2 Å². The summed E-state index contributed by atoms with van der Waals surface area (Å²) in [5.74, 6) is 0. The summed E-state index contributed by atoms with van der Waals surface area (Å²) >= 11 is 0. The molecule has 0 aromatic rings. The van der Waals surface area contributed by atoms with Crippen molar-refractivity contribution in [1.29, 1.82) is 10.5 Å². The highest BCUT2D eigenvalue weighted by molar-refractivity contribution is 5.29. The van der Waals surface area contributed by atoms with Gasteiger partial charge in [-0.15, -0.1) is 6.58 Å². The molecule has 2 unspecified atom stereocenters. The molecule has 0 fully saturated rings. The van der Waals surface area contributed by atoms with Gasteiger partial charge in [0.25, 0.3) is 0 Å². The Morgan fingerprint density at radius 1 is 1.36 bits per heavy atom. The van der Waals surface area contributed by atoms with E-state index in [1.165, 1.54) is 0 Å². The molecule has 2 heteroatoms. The van der Waals surface area contributed by atoms with Crippen LogP contribution in [0.5, 0.6) is 0 Å². The normalized spacial score (nSPS) is 18.9. The number of rotatable bonds is 4. The third-order valence-corrected chi connectivity index (χ3v) is 2.78. The lowest BCUT2D eigenvalue weighted by molar-refractivity contribution is 0.296. The molecule has 0 amide bonds. The van der Waals surface area contributed by atoms with E-state index in [-0.39, 0.29) is 0 Å². The van der Waals surface area contributed by atoms with Crippen LogP contribution >= 0.6 is 0 Å². The lowest BCUT2D eigenvalue weighted by atomic mass is 9.64. The average Bonchev–Trinajstić information content (AvgIpc) is 2.24. The zero-order chi connectivity index (χ0) is 11.2. The summed E-state index contributed by atoms with van der Waals surface area (Å²) in [6.07, 6.45) is 5.76. The molecular weight excluding hydrogens is 172 g/mol. The number of nitriles is 2. The van der Waals surface area contributed by atoms with Crippen LogP contribution in [0.4, 0.5) is 0 Å². The molecule has 0 aliphatic heterocycles. The fraction of sp³-hybridized carbons (Fsp3) is 0.500. The highest BCUT2D eigenvalue weighted by atomic mass is 14.5. The molecule has 0 aliphatic rings. The Bertz CT molecular complexity index is 316. The van der Waals surface area contributed by atoms with Crippen LogP contribution < -0.4 is 0 Å². The number of nitrogens with zero attached hydrogens (tertiary/aromatic N) is 2. The Morgan fingerprint density at radius 3 is 2.14 bits per heavy atom. The van der Waals surface area contributed by atoms with Gasteiger partial charge in [-0.05, 0) is 20.3 Å². The van der Waals surface area contributed by atoms with Crippen molar-refractivity contribution >= 4 is 0 Å². The van der Waals surface area contributed by atoms with E-state index < -0.39 is 10.8 Å². The smallest absolute Gasteiger partial charge is 0.0968 e. The van der Waals surface area contributed by atoms with Crippen LogP contribution in [-0.4, -0.2) is 0 Å². The maximum atomic E-state index is 9.21. The molecule has 2 atom stereocenters. The second-order valence-electron chi connectivity index (χ2n) is 3.45. The minimum Gasteiger partial charge on any atom is -0.197 e. The molecule has 0 aromatic heterocycles. The van der Waals surface area contributed by atoms with Crippen LogP contribution in [0.3, 0.4) is 0 Å². The van der Waals surface area contributed by atoms with Crippen molar-refractivity contribution in [3.8, 4) is 12.1 Å². The van der Waals surface area contributed by atoms with Gasteiger partial charge in [-0.2, -0.15) is 10.5 Å². The van der Waals surface area contributed by atoms with Gasteiger partial charge in [0.1, 0.15) is 0 Å². The van der Waals surface area contributed by atoms with Crippen molar-refractivity contribution in [2.45, 2.75) is 27.2 Å². The van der Waals surface area contributed by atoms with E-state index >= 15 is 0 Å². The SMILES string of the molecule is C=CC(C)(C#N)C(C#N)(/C=C\C)CC. The van der Waals surface area contributed by atoms with E-state index in [2.05, 4.69) is 18.7 Å². The maximum Gasteiger partial charge on any atom is 0.0968 e. The summed E-state index contributed by atoms with van der Waals surface area (Å²) in [5, 5.41) is 18.3. The van der Waals surface area contributed by atoms with Gasteiger partial charge in [0.15, 0.2) is 0 Å². The molecule has 14 heavy (non-hydrogen) atoms. The highest BCUT2D eigenvalue weighted by Gasteiger charge is 2.43.